The van der Waals surface area contributed by atoms with Crippen molar-refractivity contribution in [2.24, 2.45) is 5.84 Å². The molecule has 0 aromatic carbocycles. The number of nitrogen functional groups attached to an aromatic ring is 1. The fourth-order valence-electron chi connectivity index (χ4n) is 2.46. The molecular formula is C12H20BrN5O2S. The minimum Gasteiger partial charge on any atom is -0.307 e. The molecule has 3 N–H and O–H groups in total. The normalized spacial score (nSPS) is 18.1. The van der Waals surface area contributed by atoms with Gasteiger partial charge in [0.05, 0.1) is 0 Å². The van der Waals surface area contributed by atoms with E-state index in [1.165, 1.54) is 16.6 Å². The first-order valence-corrected chi connectivity index (χ1v) is 8.88. The molecule has 1 aliphatic heterocycles. The van der Waals surface area contributed by atoms with Gasteiger partial charge in [-0.1, -0.05) is 0 Å². The van der Waals surface area contributed by atoms with Crippen LogP contribution in [-0.2, 0) is 10.0 Å². The fourth-order valence-corrected chi connectivity index (χ4v) is 4.55. The highest BCUT2D eigenvalue weighted by Crippen LogP contribution is 2.28. The summed E-state index contributed by atoms with van der Waals surface area (Å²) in [5.41, 5.74) is 2.35. The highest BCUT2D eigenvalue weighted by molar-refractivity contribution is 9.10. The summed E-state index contributed by atoms with van der Waals surface area (Å²) >= 11 is 3.25. The smallest absolute Gasteiger partial charge is 0.246 e. The first-order valence-electron chi connectivity index (χ1n) is 6.65. The van der Waals surface area contributed by atoms with Crippen molar-refractivity contribution >= 4 is 31.8 Å². The van der Waals surface area contributed by atoms with Crippen LogP contribution in [0.1, 0.15) is 12.8 Å². The van der Waals surface area contributed by atoms with Crippen molar-refractivity contribution in [1.29, 1.82) is 0 Å². The van der Waals surface area contributed by atoms with E-state index in [4.69, 9.17) is 5.84 Å². The van der Waals surface area contributed by atoms with Crippen LogP contribution in [-0.4, -0.2) is 55.8 Å². The largest absolute Gasteiger partial charge is 0.307 e. The van der Waals surface area contributed by atoms with Crippen molar-refractivity contribution in [1.82, 2.24) is 14.2 Å². The number of pyridine rings is 1. The van der Waals surface area contributed by atoms with E-state index < -0.39 is 10.0 Å². The molecule has 7 nitrogen and oxygen atoms in total. The number of nitrogens with two attached hydrogens (primary N) is 1. The molecule has 0 bridgehead atoms. The maximum absolute atomic E-state index is 12.8. The van der Waals surface area contributed by atoms with Crippen LogP contribution < -0.4 is 11.3 Å². The molecule has 1 aromatic heterocycles. The zero-order chi connectivity index (χ0) is 15.6. The number of rotatable bonds is 4. The Morgan fingerprint density at radius 1 is 1.43 bits per heavy atom. The lowest BCUT2D eigenvalue weighted by molar-refractivity contribution is 0.196. The standard InChI is InChI=1S/C12H20BrN5O2S/c1-17(2)10-3-5-18(6-4-10)21(19,20)11-7-9(13)8-15-12(11)16-14/h7-8,10H,3-6,14H2,1-2H3,(H,15,16). The van der Waals surface area contributed by atoms with Crippen LogP contribution in [0.2, 0.25) is 0 Å². The van der Waals surface area contributed by atoms with E-state index in [9.17, 15) is 8.42 Å². The van der Waals surface area contributed by atoms with Gasteiger partial charge in [-0.25, -0.2) is 19.2 Å². The number of sulfonamides is 1. The second-order valence-electron chi connectivity index (χ2n) is 5.24. The number of hydrazine groups is 1. The Hall–Kier alpha value is -0.740. The molecule has 2 heterocycles. The number of hydrogen-bond donors (Lipinski definition) is 2. The van der Waals surface area contributed by atoms with E-state index >= 15 is 0 Å². The topological polar surface area (TPSA) is 91.6 Å². The van der Waals surface area contributed by atoms with Crippen LogP contribution in [0.25, 0.3) is 0 Å². The Labute approximate surface area is 133 Å². The van der Waals surface area contributed by atoms with E-state index in [1.807, 2.05) is 14.1 Å². The maximum Gasteiger partial charge on any atom is 0.246 e. The van der Waals surface area contributed by atoms with Crippen molar-refractivity contribution in [3.05, 3.63) is 16.7 Å². The minimum atomic E-state index is -3.60. The zero-order valence-corrected chi connectivity index (χ0v) is 14.5. The zero-order valence-electron chi connectivity index (χ0n) is 12.1. The molecule has 1 aliphatic rings. The second-order valence-corrected chi connectivity index (χ2v) is 8.07. The molecule has 1 fully saturated rings. The summed E-state index contributed by atoms with van der Waals surface area (Å²) in [6.07, 6.45) is 3.14. The molecule has 9 heteroatoms. The lowest BCUT2D eigenvalue weighted by atomic mass is 10.1. The monoisotopic (exact) mass is 377 g/mol. The van der Waals surface area contributed by atoms with E-state index in [1.54, 1.807) is 0 Å². The molecular weight excluding hydrogens is 358 g/mol. The Morgan fingerprint density at radius 3 is 2.57 bits per heavy atom. The number of aromatic nitrogens is 1. The van der Waals surface area contributed by atoms with Crippen LogP contribution in [0.4, 0.5) is 5.82 Å². The van der Waals surface area contributed by atoms with Crippen molar-refractivity contribution in [3.63, 3.8) is 0 Å². The number of nitrogens with zero attached hydrogens (tertiary/aromatic N) is 3. The van der Waals surface area contributed by atoms with Crippen molar-refractivity contribution in [2.75, 3.05) is 32.6 Å². The third-order valence-electron chi connectivity index (χ3n) is 3.73. The predicted octanol–water partition coefficient (Wildman–Crippen LogP) is 0.844. The van der Waals surface area contributed by atoms with Crippen LogP contribution >= 0.6 is 15.9 Å². The molecule has 118 valence electrons. The van der Waals surface area contributed by atoms with Gasteiger partial charge in [0.15, 0.2) is 5.82 Å². The van der Waals surface area contributed by atoms with Gasteiger partial charge in [-0.2, -0.15) is 4.31 Å². The molecule has 0 spiro atoms. The van der Waals surface area contributed by atoms with Gasteiger partial charge in [-0.15, -0.1) is 0 Å². The average Bonchev–Trinajstić information content (AvgIpc) is 2.47. The summed E-state index contributed by atoms with van der Waals surface area (Å²) < 4.78 is 27.6. The van der Waals surface area contributed by atoms with E-state index in [2.05, 4.69) is 31.2 Å². The quantitative estimate of drug-likeness (QED) is 0.596. The summed E-state index contributed by atoms with van der Waals surface area (Å²) in [7, 11) is 0.438. The summed E-state index contributed by atoms with van der Waals surface area (Å²) in [6, 6.07) is 1.94. The molecule has 0 radical (unpaired) electrons. The Bertz CT molecular complexity index is 600. The second kappa shape index (κ2) is 6.57. The SMILES string of the molecule is CN(C)C1CCN(S(=O)(=O)c2cc(Br)cnc2NN)CC1. The van der Waals surface area contributed by atoms with Gasteiger partial charge in [0.25, 0.3) is 0 Å². The molecule has 2 rings (SSSR count). The number of hydrogen-bond acceptors (Lipinski definition) is 6. The molecule has 0 amide bonds. The lowest BCUT2D eigenvalue weighted by Gasteiger charge is -2.34. The Morgan fingerprint density at radius 2 is 2.05 bits per heavy atom. The fraction of sp³-hybridized carbons (Fsp3) is 0.583. The number of nitrogens with one attached hydrogen (secondary N) is 1. The van der Waals surface area contributed by atoms with E-state index in [0.29, 0.717) is 23.6 Å². The van der Waals surface area contributed by atoms with Crippen LogP contribution in [0.5, 0.6) is 0 Å². The van der Waals surface area contributed by atoms with Crippen LogP contribution in [0.15, 0.2) is 21.6 Å². The molecule has 21 heavy (non-hydrogen) atoms. The molecule has 1 aromatic rings. The average molecular weight is 378 g/mol. The molecule has 0 atom stereocenters. The van der Waals surface area contributed by atoms with Crippen LogP contribution in [0.3, 0.4) is 0 Å². The molecule has 0 unspecified atom stereocenters. The first-order chi connectivity index (χ1) is 9.86. The number of piperidine rings is 1. The highest BCUT2D eigenvalue weighted by Gasteiger charge is 2.32. The van der Waals surface area contributed by atoms with E-state index in [0.717, 1.165) is 12.8 Å². The highest BCUT2D eigenvalue weighted by atomic mass is 79.9. The van der Waals surface area contributed by atoms with Gasteiger partial charge < -0.3 is 10.3 Å². The Balaban J connectivity index is 2.25. The third-order valence-corrected chi connectivity index (χ3v) is 6.07. The van der Waals surface area contributed by atoms with Gasteiger partial charge in [0.1, 0.15) is 4.90 Å². The van der Waals surface area contributed by atoms with Crippen molar-refractivity contribution in [3.8, 4) is 0 Å². The lowest BCUT2D eigenvalue weighted by Crippen LogP contribution is -2.44. The number of anilines is 1. The van der Waals surface area contributed by atoms with Gasteiger partial charge in [0, 0.05) is 29.8 Å². The first kappa shape index (κ1) is 16.6. The van der Waals surface area contributed by atoms with Crippen molar-refractivity contribution < 1.29 is 8.42 Å². The maximum atomic E-state index is 12.8. The van der Waals surface area contributed by atoms with Gasteiger partial charge >= 0.3 is 0 Å². The Kier molecular flexibility index (Phi) is 5.20. The predicted molar refractivity (Wildman–Crippen MR) is 85.2 cm³/mol. The number of halogens is 1. The van der Waals surface area contributed by atoms with Crippen LogP contribution in [0, 0.1) is 0 Å². The van der Waals surface area contributed by atoms with Gasteiger partial charge in [0.2, 0.25) is 10.0 Å². The van der Waals surface area contributed by atoms with Gasteiger partial charge in [-0.3, -0.25) is 0 Å². The molecule has 0 saturated carbocycles. The summed E-state index contributed by atoms with van der Waals surface area (Å²) in [6.45, 7) is 1.00. The van der Waals surface area contributed by atoms with Gasteiger partial charge in [-0.05, 0) is 48.9 Å². The van der Waals surface area contributed by atoms with E-state index in [-0.39, 0.29) is 10.7 Å². The molecule has 1 saturated heterocycles. The summed E-state index contributed by atoms with van der Waals surface area (Å²) in [5.74, 6) is 5.53. The third kappa shape index (κ3) is 3.54. The summed E-state index contributed by atoms with van der Waals surface area (Å²) in [5, 5.41) is 0. The van der Waals surface area contributed by atoms with Crippen molar-refractivity contribution in [2.45, 2.75) is 23.8 Å². The molecule has 0 aliphatic carbocycles. The summed E-state index contributed by atoms with van der Waals surface area (Å²) in [4.78, 5) is 6.24. The minimum absolute atomic E-state index is 0.0997.